The number of aryl methyl sites for hydroxylation is 1. The predicted molar refractivity (Wildman–Crippen MR) is 107 cm³/mol. The third-order valence-electron chi connectivity index (χ3n) is 4.76. The number of carbonyl (C=O) groups excluding carboxylic acids is 2. The predicted octanol–water partition coefficient (Wildman–Crippen LogP) is 2.52. The molecule has 154 valence electrons. The maximum atomic E-state index is 12.9. The fourth-order valence-corrected chi connectivity index (χ4v) is 5.01. The number of ether oxygens (including phenoxy) is 1. The molecule has 0 N–H and O–H groups in total. The SMILES string of the molecule is O=C(CCc1ccc(F)cc1)OCC(=O)N(c1ccccc1)[C@H]1CCS(=O)(=O)C1. The van der Waals surface area contributed by atoms with Gasteiger partial charge in [-0.05, 0) is 42.7 Å². The Kier molecular flexibility index (Phi) is 6.64. The molecular weight excluding hydrogens is 397 g/mol. The number of nitrogens with zero attached hydrogens (tertiary/aromatic N) is 1. The number of carbonyl (C=O) groups is 2. The highest BCUT2D eigenvalue weighted by atomic mass is 32.2. The Hall–Kier alpha value is -2.74. The van der Waals surface area contributed by atoms with Gasteiger partial charge in [-0.3, -0.25) is 9.59 Å². The Morgan fingerprint density at radius 1 is 1.07 bits per heavy atom. The van der Waals surface area contributed by atoms with Crippen LogP contribution in [0, 0.1) is 5.82 Å². The minimum absolute atomic E-state index is 0.0335. The molecule has 0 aromatic heterocycles. The van der Waals surface area contributed by atoms with Gasteiger partial charge in [-0.2, -0.15) is 0 Å². The van der Waals surface area contributed by atoms with Gasteiger partial charge in [-0.25, -0.2) is 12.8 Å². The first kappa shape index (κ1) is 21.0. The second-order valence-electron chi connectivity index (χ2n) is 6.94. The van der Waals surface area contributed by atoms with Crippen LogP contribution in [0.2, 0.25) is 0 Å². The molecule has 8 heteroatoms. The first-order chi connectivity index (χ1) is 13.8. The van der Waals surface area contributed by atoms with Crippen LogP contribution in [0.4, 0.5) is 10.1 Å². The first-order valence-electron chi connectivity index (χ1n) is 9.32. The van der Waals surface area contributed by atoms with Gasteiger partial charge in [0.05, 0.1) is 17.5 Å². The third-order valence-corrected chi connectivity index (χ3v) is 6.51. The largest absolute Gasteiger partial charge is 0.456 e. The standard InChI is InChI=1S/C21H22FNO5S/c22-17-9-6-16(7-10-17)8-11-21(25)28-14-20(24)23(18-4-2-1-3-5-18)19-12-13-29(26,27)15-19/h1-7,9-10,19H,8,11-15H2/t19-/m0/s1. The number of benzene rings is 2. The highest BCUT2D eigenvalue weighted by molar-refractivity contribution is 7.91. The highest BCUT2D eigenvalue weighted by Gasteiger charge is 2.35. The van der Waals surface area contributed by atoms with E-state index in [1.807, 2.05) is 0 Å². The van der Waals surface area contributed by atoms with Crippen LogP contribution in [-0.4, -0.2) is 44.4 Å². The van der Waals surface area contributed by atoms with E-state index in [1.54, 1.807) is 42.5 Å². The topological polar surface area (TPSA) is 80.8 Å². The summed E-state index contributed by atoms with van der Waals surface area (Å²) in [5, 5.41) is 0. The summed E-state index contributed by atoms with van der Waals surface area (Å²) in [4.78, 5) is 26.2. The summed E-state index contributed by atoms with van der Waals surface area (Å²) < 4.78 is 41.7. The highest BCUT2D eigenvalue weighted by Crippen LogP contribution is 2.24. The third kappa shape index (κ3) is 5.87. The van der Waals surface area contributed by atoms with Crippen LogP contribution >= 0.6 is 0 Å². The van der Waals surface area contributed by atoms with E-state index < -0.39 is 34.4 Å². The fraction of sp³-hybridized carbons (Fsp3) is 0.333. The van der Waals surface area contributed by atoms with Crippen molar-refractivity contribution in [3.63, 3.8) is 0 Å². The van der Waals surface area contributed by atoms with Gasteiger partial charge in [0.1, 0.15) is 5.82 Å². The Labute approximate surface area is 169 Å². The molecule has 3 rings (SSSR count). The average molecular weight is 419 g/mol. The quantitative estimate of drug-likeness (QED) is 0.645. The zero-order valence-electron chi connectivity index (χ0n) is 15.8. The minimum atomic E-state index is -3.18. The summed E-state index contributed by atoms with van der Waals surface area (Å²) in [6, 6.07) is 14.1. The Morgan fingerprint density at radius 3 is 2.38 bits per heavy atom. The van der Waals surface area contributed by atoms with Gasteiger partial charge in [0.15, 0.2) is 16.4 Å². The molecule has 0 bridgehead atoms. The lowest BCUT2D eigenvalue weighted by atomic mass is 10.1. The summed E-state index contributed by atoms with van der Waals surface area (Å²) in [5.74, 6) is -1.43. The number of halogens is 1. The molecule has 1 aliphatic heterocycles. The van der Waals surface area contributed by atoms with Crippen LogP contribution in [0.15, 0.2) is 54.6 Å². The van der Waals surface area contributed by atoms with Crippen molar-refractivity contribution in [1.82, 2.24) is 0 Å². The van der Waals surface area contributed by atoms with Gasteiger partial charge >= 0.3 is 5.97 Å². The smallest absolute Gasteiger partial charge is 0.306 e. The van der Waals surface area contributed by atoms with Crippen molar-refractivity contribution in [2.45, 2.75) is 25.3 Å². The number of esters is 1. The molecule has 0 radical (unpaired) electrons. The molecule has 0 unspecified atom stereocenters. The molecule has 1 heterocycles. The van der Waals surface area contributed by atoms with Gasteiger partial charge in [0.2, 0.25) is 0 Å². The van der Waals surface area contributed by atoms with Crippen LogP contribution in [0.3, 0.4) is 0 Å². The molecule has 1 saturated heterocycles. The van der Waals surface area contributed by atoms with Crippen LogP contribution in [0.5, 0.6) is 0 Å². The summed E-state index contributed by atoms with van der Waals surface area (Å²) >= 11 is 0. The van der Waals surface area contributed by atoms with E-state index in [9.17, 15) is 22.4 Å². The number of hydrogen-bond donors (Lipinski definition) is 0. The Bertz CT molecular complexity index is 960. The molecule has 1 amide bonds. The van der Waals surface area contributed by atoms with Gasteiger partial charge in [0, 0.05) is 12.1 Å². The van der Waals surface area contributed by atoms with Crippen LogP contribution in [0.1, 0.15) is 18.4 Å². The fourth-order valence-electron chi connectivity index (χ4n) is 3.31. The molecule has 2 aromatic carbocycles. The minimum Gasteiger partial charge on any atom is -0.456 e. The summed E-state index contributed by atoms with van der Waals surface area (Å²) in [6.45, 7) is -0.465. The Balaban J connectivity index is 1.59. The molecule has 0 spiro atoms. The van der Waals surface area contributed by atoms with Gasteiger partial charge in [0.25, 0.3) is 5.91 Å². The van der Waals surface area contributed by atoms with Gasteiger partial charge < -0.3 is 9.64 Å². The lowest BCUT2D eigenvalue weighted by molar-refractivity contribution is -0.147. The summed E-state index contributed by atoms with van der Waals surface area (Å²) in [5.41, 5.74) is 1.36. The van der Waals surface area contributed by atoms with Crippen molar-refractivity contribution in [2.75, 3.05) is 23.0 Å². The molecule has 29 heavy (non-hydrogen) atoms. The van der Waals surface area contributed by atoms with Crippen molar-refractivity contribution < 1.29 is 27.1 Å². The maximum absolute atomic E-state index is 12.9. The van der Waals surface area contributed by atoms with Gasteiger partial charge in [-0.1, -0.05) is 30.3 Å². The normalized spacial score (nSPS) is 17.6. The van der Waals surface area contributed by atoms with E-state index in [4.69, 9.17) is 4.74 Å². The van der Waals surface area contributed by atoms with E-state index in [-0.39, 0.29) is 23.7 Å². The van der Waals surface area contributed by atoms with Crippen molar-refractivity contribution in [3.05, 3.63) is 66.0 Å². The van der Waals surface area contributed by atoms with E-state index in [0.717, 1.165) is 5.56 Å². The lowest BCUT2D eigenvalue weighted by Gasteiger charge is -2.28. The number of rotatable bonds is 7. The molecule has 6 nitrogen and oxygen atoms in total. The zero-order valence-corrected chi connectivity index (χ0v) is 16.6. The maximum Gasteiger partial charge on any atom is 0.306 e. The van der Waals surface area contributed by atoms with E-state index in [0.29, 0.717) is 18.5 Å². The Morgan fingerprint density at radius 2 is 1.76 bits per heavy atom. The molecule has 2 aromatic rings. The second-order valence-corrected chi connectivity index (χ2v) is 9.17. The zero-order chi connectivity index (χ0) is 20.9. The summed E-state index contributed by atoms with van der Waals surface area (Å²) in [7, 11) is -3.18. The molecule has 1 atom stereocenters. The van der Waals surface area contributed by atoms with Crippen molar-refractivity contribution in [2.24, 2.45) is 0 Å². The molecular formula is C21H22FNO5S. The van der Waals surface area contributed by atoms with E-state index in [1.165, 1.54) is 17.0 Å². The van der Waals surface area contributed by atoms with Crippen LogP contribution < -0.4 is 4.90 Å². The van der Waals surface area contributed by atoms with Crippen molar-refractivity contribution >= 4 is 27.4 Å². The van der Waals surface area contributed by atoms with Gasteiger partial charge in [-0.15, -0.1) is 0 Å². The molecule has 1 fully saturated rings. The molecule has 1 aliphatic rings. The first-order valence-corrected chi connectivity index (χ1v) is 11.1. The van der Waals surface area contributed by atoms with Crippen molar-refractivity contribution in [3.8, 4) is 0 Å². The number of sulfone groups is 1. The van der Waals surface area contributed by atoms with Crippen molar-refractivity contribution in [1.29, 1.82) is 0 Å². The van der Waals surface area contributed by atoms with Crippen LogP contribution in [0.25, 0.3) is 0 Å². The summed E-state index contributed by atoms with van der Waals surface area (Å²) in [6.07, 6.45) is 0.778. The number of amides is 1. The van der Waals surface area contributed by atoms with E-state index >= 15 is 0 Å². The monoisotopic (exact) mass is 419 g/mol. The molecule has 0 aliphatic carbocycles. The lowest BCUT2D eigenvalue weighted by Crippen LogP contribution is -2.43. The number of anilines is 1. The second kappa shape index (κ2) is 9.17. The molecule has 0 saturated carbocycles. The average Bonchev–Trinajstić information content (AvgIpc) is 3.06. The number of para-hydroxylation sites is 1. The van der Waals surface area contributed by atoms with Crippen LogP contribution in [-0.2, 0) is 30.6 Å². The number of hydrogen-bond acceptors (Lipinski definition) is 5. The van der Waals surface area contributed by atoms with E-state index in [2.05, 4.69) is 0 Å².